The second-order valence-corrected chi connectivity index (χ2v) is 7.81. The molecule has 3 aromatic carbocycles. The number of nitrogens with zero attached hydrogens (tertiary/aromatic N) is 1. The lowest BCUT2D eigenvalue weighted by atomic mass is 9.94. The first-order chi connectivity index (χ1) is 13.5. The summed E-state index contributed by atoms with van der Waals surface area (Å²) >= 11 is 3.43. The molecule has 5 heteroatoms. The Balaban J connectivity index is 1.89. The van der Waals surface area contributed by atoms with E-state index in [0.29, 0.717) is 5.56 Å². The van der Waals surface area contributed by atoms with Crippen LogP contribution in [0.1, 0.15) is 33.1 Å². The Labute approximate surface area is 172 Å². The maximum atomic E-state index is 13.5. The maximum absolute atomic E-state index is 13.5. The van der Waals surface area contributed by atoms with Crippen molar-refractivity contribution in [2.24, 2.45) is 0 Å². The number of carbonyl (C=O) groups is 2. The molecule has 0 radical (unpaired) electrons. The zero-order valence-corrected chi connectivity index (χ0v) is 16.9. The molecule has 2 amide bonds. The molecule has 0 saturated heterocycles. The first-order valence-electron chi connectivity index (χ1n) is 9.05. The van der Waals surface area contributed by atoms with Crippen LogP contribution in [0.25, 0.3) is 0 Å². The molecule has 0 spiro atoms. The summed E-state index contributed by atoms with van der Waals surface area (Å²) in [7, 11) is 0. The molecular formula is C23H19BrN2O2. The first-order valence-corrected chi connectivity index (χ1v) is 9.84. The van der Waals surface area contributed by atoms with Crippen molar-refractivity contribution in [2.75, 3.05) is 11.9 Å². The highest BCUT2D eigenvalue weighted by molar-refractivity contribution is 9.10. The van der Waals surface area contributed by atoms with E-state index in [1.807, 2.05) is 67.6 Å². The minimum Gasteiger partial charge on any atom is -0.324 e. The highest BCUT2D eigenvalue weighted by Crippen LogP contribution is 2.37. The van der Waals surface area contributed by atoms with Gasteiger partial charge >= 0.3 is 0 Å². The SMILES string of the molecule is Cc1ccc2c(c1)[C@H](c1ccccc1)N(C(=O)c1cccc(Br)c1)CC(=O)N2. The number of rotatable bonds is 2. The molecule has 28 heavy (non-hydrogen) atoms. The van der Waals surface area contributed by atoms with Gasteiger partial charge in [-0.2, -0.15) is 0 Å². The van der Waals surface area contributed by atoms with Crippen LogP contribution >= 0.6 is 15.9 Å². The number of halogens is 1. The quantitative estimate of drug-likeness (QED) is 0.620. The Morgan fingerprint density at radius 2 is 1.82 bits per heavy atom. The van der Waals surface area contributed by atoms with Gasteiger partial charge in [0.1, 0.15) is 6.54 Å². The van der Waals surface area contributed by atoms with Crippen molar-refractivity contribution in [1.82, 2.24) is 4.90 Å². The molecule has 1 atom stereocenters. The van der Waals surface area contributed by atoms with Gasteiger partial charge in [-0.05, 0) is 36.8 Å². The molecule has 0 aromatic heterocycles. The summed E-state index contributed by atoms with van der Waals surface area (Å²) < 4.78 is 0.824. The second-order valence-electron chi connectivity index (χ2n) is 6.90. The van der Waals surface area contributed by atoms with Crippen molar-refractivity contribution in [3.05, 3.63) is 99.5 Å². The van der Waals surface area contributed by atoms with Gasteiger partial charge in [0.05, 0.1) is 6.04 Å². The Kier molecular flexibility index (Phi) is 5.01. The number of hydrogen-bond donors (Lipinski definition) is 1. The fraction of sp³-hybridized carbons (Fsp3) is 0.130. The van der Waals surface area contributed by atoms with Crippen LogP contribution in [-0.2, 0) is 4.79 Å². The smallest absolute Gasteiger partial charge is 0.255 e. The molecular weight excluding hydrogens is 416 g/mol. The van der Waals surface area contributed by atoms with E-state index in [-0.39, 0.29) is 24.4 Å². The van der Waals surface area contributed by atoms with Crippen LogP contribution in [0.4, 0.5) is 5.69 Å². The van der Waals surface area contributed by atoms with Crippen molar-refractivity contribution in [3.63, 3.8) is 0 Å². The van der Waals surface area contributed by atoms with Gasteiger partial charge in [-0.15, -0.1) is 0 Å². The van der Waals surface area contributed by atoms with Crippen LogP contribution in [0.5, 0.6) is 0 Å². The van der Waals surface area contributed by atoms with Crippen molar-refractivity contribution < 1.29 is 9.59 Å². The van der Waals surface area contributed by atoms with Gasteiger partial charge in [0.15, 0.2) is 0 Å². The zero-order valence-electron chi connectivity index (χ0n) is 15.4. The molecule has 0 aliphatic carbocycles. The Hall–Kier alpha value is -2.92. The van der Waals surface area contributed by atoms with Crippen molar-refractivity contribution in [2.45, 2.75) is 13.0 Å². The van der Waals surface area contributed by atoms with Crippen LogP contribution in [0.15, 0.2) is 77.3 Å². The number of aryl methyl sites for hydroxylation is 1. The lowest BCUT2D eigenvalue weighted by Gasteiger charge is -2.31. The molecule has 0 unspecified atom stereocenters. The molecule has 4 nitrogen and oxygen atoms in total. The predicted octanol–water partition coefficient (Wildman–Crippen LogP) is 4.94. The third-order valence-electron chi connectivity index (χ3n) is 4.85. The van der Waals surface area contributed by atoms with Crippen LogP contribution in [0, 0.1) is 6.92 Å². The van der Waals surface area contributed by atoms with Gasteiger partial charge in [-0.3, -0.25) is 9.59 Å². The van der Waals surface area contributed by atoms with Crippen LogP contribution in [0.3, 0.4) is 0 Å². The van der Waals surface area contributed by atoms with Gasteiger partial charge in [-0.25, -0.2) is 0 Å². The van der Waals surface area contributed by atoms with Gasteiger partial charge < -0.3 is 10.2 Å². The van der Waals surface area contributed by atoms with E-state index in [1.165, 1.54) is 0 Å². The minimum absolute atomic E-state index is 0.0152. The standard InChI is InChI=1S/C23H19BrN2O2/c1-15-10-11-20-19(12-15)22(16-6-3-2-4-7-16)26(14-21(27)25-20)23(28)17-8-5-9-18(24)13-17/h2-13,22H,14H2,1H3,(H,25,27)/t22-/m0/s1. The summed E-state index contributed by atoms with van der Waals surface area (Å²) in [6.07, 6.45) is 0. The van der Waals surface area contributed by atoms with Gasteiger partial charge in [-0.1, -0.05) is 70.0 Å². The van der Waals surface area contributed by atoms with E-state index >= 15 is 0 Å². The Morgan fingerprint density at radius 3 is 2.57 bits per heavy atom. The number of amides is 2. The summed E-state index contributed by atoms with van der Waals surface area (Å²) in [6.45, 7) is 1.99. The zero-order chi connectivity index (χ0) is 19.7. The Bertz CT molecular complexity index is 1050. The van der Waals surface area contributed by atoms with Crippen molar-refractivity contribution in [1.29, 1.82) is 0 Å². The first kappa shape index (κ1) is 18.4. The third-order valence-corrected chi connectivity index (χ3v) is 5.34. The fourth-order valence-corrected chi connectivity index (χ4v) is 4.00. The van der Waals surface area contributed by atoms with Gasteiger partial charge in [0.2, 0.25) is 5.91 Å². The largest absolute Gasteiger partial charge is 0.324 e. The predicted molar refractivity (Wildman–Crippen MR) is 113 cm³/mol. The summed E-state index contributed by atoms with van der Waals surface area (Å²) in [6, 6.07) is 22.6. The second kappa shape index (κ2) is 7.60. The maximum Gasteiger partial charge on any atom is 0.255 e. The van der Waals surface area contributed by atoms with Gasteiger partial charge in [0, 0.05) is 21.3 Å². The van der Waals surface area contributed by atoms with E-state index < -0.39 is 0 Å². The highest BCUT2D eigenvalue weighted by atomic mass is 79.9. The topological polar surface area (TPSA) is 49.4 Å². The molecule has 1 N–H and O–H groups in total. The number of hydrogen-bond acceptors (Lipinski definition) is 2. The van der Waals surface area contributed by atoms with Crippen molar-refractivity contribution >= 4 is 33.4 Å². The summed E-state index contributed by atoms with van der Waals surface area (Å²) in [5, 5.41) is 2.95. The van der Waals surface area contributed by atoms with E-state index in [0.717, 1.165) is 26.9 Å². The average molecular weight is 435 g/mol. The van der Waals surface area contributed by atoms with Crippen LogP contribution in [-0.4, -0.2) is 23.3 Å². The third kappa shape index (κ3) is 3.58. The molecule has 1 aliphatic rings. The molecule has 1 aliphatic heterocycles. The highest BCUT2D eigenvalue weighted by Gasteiger charge is 2.33. The monoisotopic (exact) mass is 434 g/mol. The molecule has 3 aromatic rings. The van der Waals surface area contributed by atoms with E-state index in [9.17, 15) is 9.59 Å². The summed E-state index contributed by atoms with van der Waals surface area (Å²) in [5.41, 5.74) is 4.24. The summed E-state index contributed by atoms with van der Waals surface area (Å²) in [5.74, 6) is -0.383. The van der Waals surface area contributed by atoms with Crippen molar-refractivity contribution in [3.8, 4) is 0 Å². The fourth-order valence-electron chi connectivity index (χ4n) is 3.60. The van der Waals surface area contributed by atoms with E-state index in [1.54, 1.807) is 17.0 Å². The lowest BCUT2D eigenvalue weighted by Crippen LogP contribution is -2.39. The normalized spacial score (nSPS) is 16.1. The number of anilines is 1. The molecule has 140 valence electrons. The molecule has 0 saturated carbocycles. The molecule has 0 bridgehead atoms. The molecule has 0 fully saturated rings. The van der Waals surface area contributed by atoms with Gasteiger partial charge in [0.25, 0.3) is 5.91 Å². The average Bonchev–Trinajstić information content (AvgIpc) is 2.83. The minimum atomic E-state index is -0.360. The summed E-state index contributed by atoms with van der Waals surface area (Å²) in [4.78, 5) is 27.7. The number of benzene rings is 3. The van der Waals surface area contributed by atoms with E-state index in [2.05, 4.69) is 21.2 Å². The Morgan fingerprint density at radius 1 is 1.04 bits per heavy atom. The van der Waals surface area contributed by atoms with Crippen LogP contribution < -0.4 is 5.32 Å². The van der Waals surface area contributed by atoms with E-state index in [4.69, 9.17) is 0 Å². The van der Waals surface area contributed by atoms with Crippen LogP contribution in [0.2, 0.25) is 0 Å². The number of fused-ring (bicyclic) bond motifs is 1. The lowest BCUT2D eigenvalue weighted by molar-refractivity contribution is -0.117. The number of carbonyl (C=O) groups excluding carboxylic acids is 2. The molecule has 4 rings (SSSR count). The molecule has 1 heterocycles. The number of nitrogens with one attached hydrogen (secondary N) is 1.